The van der Waals surface area contributed by atoms with Crippen LogP contribution in [-0.4, -0.2) is 81.7 Å². The Hall–Kier alpha value is -2.04. The summed E-state index contributed by atoms with van der Waals surface area (Å²) in [6.45, 7) is 0.734. The van der Waals surface area contributed by atoms with Gasteiger partial charge in [0.1, 0.15) is 0 Å². The van der Waals surface area contributed by atoms with Gasteiger partial charge in [0.25, 0.3) is 5.91 Å². The molecule has 1 aliphatic heterocycles. The number of hydrogen-bond donors (Lipinski definition) is 4. The highest BCUT2D eigenvalue weighted by Gasteiger charge is 2.32. The van der Waals surface area contributed by atoms with Gasteiger partial charge < -0.3 is 21.5 Å². The van der Waals surface area contributed by atoms with E-state index in [9.17, 15) is 9.59 Å². The van der Waals surface area contributed by atoms with Crippen molar-refractivity contribution in [1.29, 1.82) is 0 Å². The molecule has 0 radical (unpaired) electrons. The van der Waals surface area contributed by atoms with Crippen LogP contribution in [0.2, 0.25) is 0 Å². The van der Waals surface area contributed by atoms with Gasteiger partial charge in [0.05, 0.1) is 18.8 Å². The predicted octanol–water partition coefficient (Wildman–Crippen LogP) is -0.588. The number of amides is 2. The van der Waals surface area contributed by atoms with Gasteiger partial charge in [-0.1, -0.05) is 5.21 Å². The lowest BCUT2D eigenvalue weighted by molar-refractivity contribution is -0.122. The van der Waals surface area contributed by atoms with Crippen molar-refractivity contribution in [3.8, 4) is 0 Å². The van der Waals surface area contributed by atoms with E-state index in [2.05, 4.69) is 25.8 Å². The molecular weight excluding hydrogens is 374 g/mol. The second-order valence-corrected chi connectivity index (χ2v) is 8.19. The van der Waals surface area contributed by atoms with Crippen molar-refractivity contribution in [2.24, 2.45) is 5.73 Å². The fourth-order valence-electron chi connectivity index (χ4n) is 4.29. The van der Waals surface area contributed by atoms with E-state index >= 15 is 0 Å². The normalized spacial score (nSPS) is 27.7. The Morgan fingerprint density at radius 2 is 1.90 bits per heavy atom. The zero-order valence-corrected chi connectivity index (χ0v) is 17.1. The van der Waals surface area contributed by atoms with E-state index in [0.717, 1.165) is 38.5 Å². The van der Waals surface area contributed by atoms with Crippen molar-refractivity contribution in [3.63, 3.8) is 0 Å². The molecule has 0 bridgehead atoms. The minimum Gasteiger partial charge on any atom is -0.395 e. The Balaban J connectivity index is 1.44. The van der Waals surface area contributed by atoms with E-state index in [1.54, 1.807) is 10.9 Å². The number of aliphatic hydroxyl groups excluding tert-OH is 1. The van der Waals surface area contributed by atoms with Crippen molar-refractivity contribution in [2.75, 3.05) is 26.7 Å². The number of aliphatic hydroxyl groups is 1. The monoisotopic (exact) mass is 407 g/mol. The SMILES string of the molecule is CN1[C@@H](CC(=O)NCCO)CC[C@H]1CNC(=O)c1cn(C2CCC(N)CC2)nn1. The molecule has 2 atom stereocenters. The summed E-state index contributed by atoms with van der Waals surface area (Å²) in [6.07, 6.45) is 7.83. The number of nitrogens with zero attached hydrogens (tertiary/aromatic N) is 4. The summed E-state index contributed by atoms with van der Waals surface area (Å²) in [6, 6.07) is 0.867. The highest BCUT2D eigenvalue weighted by atomic mass is 16.3. The van der Waals surface area contributed by atoms with E-state index < -0.39 is 0 Å². The molecule has 1 aliphatic carbocycles. The van der Waals surface area contributed by atoms with E-state index in [-0.39, 0.29) is 49.1 Å². The summed E-state index contributed by atoms with van der Waals surface area (Å²) >= 11 is 0. The van der Waals surface area contributed by atoms with Crippen LogP contribution in [0.25, 0.3) is 0 Å². The fourth-order valence-corrected chi connectivity index (χ4v) is 4.29. The number of hydrogen-bond acceptors (Lipinski definition) is 7. The minimum absolute atomic E-state index is 0.0548. The molecule has 1 aromatic heterocycles. The number of nitrogens with one attached hydrogen (secondary N) is 2. The van der Waals surface area contributed by atoms with Crippen molar-refractivity contribution < 1.29 is 14.7 Å². The van der Waals surface area contributed by atoms with Crippen molar-refractivity contribution in [2.45, 2.75) is 69.1 Å². The van der Waals surface area contributed by atoms with Crippen LogP contribution in [0.15, 0.2) is 6.20 Å². The third-order valence-corrected chi connectivity index (χ3v) is 6.20. The second kappa shape index (κ2) is 10.1. The molecule has 10 nitrogen and oxygen atoms in total. The van der Waals surface area contributed by atoms with Crippen LogP contribution in [0, 0.1) is 0 Å². The number of carbonyl (C=O) groups excluding carboxylic acids is 2. The molecule has 0 spiro atoms. The summed E-state index contributed by atoms with van der Waals surface area (Å²) in [5.41, 5.74) is 6.28. The number of likely N-dealkylation sites (tertiary alicyclic amines) is 1. The highest BCUT2D eigenvalue weighted by Crippen LogP contribution is 2.27. The maximum absolute atomic E-state index is 12.5. The lowest BCUT2D eigenvalue weighted by atomic mass is 9.92. The van der Waals surface area contributed by atoms with Crippen LogP contribution >= 0.6 is 0 Å². The molecule has 0 unspecified atom stereocenters. The molecule has 2 fully saturated rings. The van der Waals surface area contributed by atoms with Gasteiger partial charge in [-0.05, 0) is 45.6 Å². The smallest absolute Gasteiger partial charge is 0.273 e. The van der Waals surface area contributed by atoms with Gasteiger partial charge in [-0.3, -0.25) is 14.5 Å². The van der Waals surface area contributed by atoms with E-state index in [0.29, 0.717) is 18.7 Å². The summed E-state index contributed by atoms with van der Waals surface area (Å²) in [5.74, 6) is -0.276. The Morgan fingerprint density at radius 3 is 2.62 bits per heavy atom. The van der Waals surface area contributed by atoms with Gasteiger partial charge in [0.15, 0.2) is 5.69 Å². The molecule has 2 amide bonds. The first-order chi connectivity index (χ1) is 14.0. The van der Waals surface area contributed by atoms with Gasteiger partial charge in [-0.25, -0.2) is 4.68 Å². The van der Waals surface area contributed by atoms with Crippen LogP contribution < -0.4 is 16.4 Å². The number of nitrogens with two attached hydrogens (primary N) is 1. The quantitative estimate of drug-likeness (QED) is 0.452. The molecule has 10 heteroatoms. The van der Waals surface area contributed by atoms with Gasteiger partial charge >= 0.3 is 0 Å². The van der Waals surface area contributed by atoms with Gasteiger partial charge in [0.2, 0.25) is 5.91 Å². The van der Waals surface area contributed by atoms with Crippen LogP contribution in [0.3, 0.4) is 0 Å². The molecular formula is C19H33N7O3. The van der Waals surface area contributed by atoms with Crippen molar-refractivity contribution >= 4 is 11.8 Å². The summed E-state index contributed by atoms with van der Waals surface area (Å²) < 4.78 is 1.80. The molecule has 5 N–H and O–H groups in total. The molecule has 29 heavy (non-hydrogen) atoms. The Labute approximate surface area is 171 Å². The molecule has 0 aromatic carbocycles. The van der Waals surface area contributed by atoms with Crippen molar-refractivity contribution in [3.05, 3.63) is 11.9 Å². The largest absolute Gasteiger partial charge is 0.395 e. The van der Waals surface area contributed by atoms with Crippen LogP contribution in [-0.2, 0) is 4.79 Å². The standard InChI is InChI=1S/C19H33N7O3/c1-25-15(10-18(28)21-8-9-27)6-7-16(25)11-22-19(29)17-12-26(24-23-17)14-4-2-13(20)3-5-14/h12-16,27H,2-11,20H2,1H3,(H,21,28)(H,22,29)/t13?,14?,15-,16+/m1/s1. The van der Waals surface area contributed by atoms with Crippen LogP contribution in [0.5, 0.6) is 0 Å². The maximum Gasteiger partial charge on any atom is 0.273 e. The molecule has 3 rings (SSSR count). The molecule has 2 heterocycles. The van der Waals surface area contributed by atoms with E-state index in [1.165, 1.54) is 0 Å². The highest BCUT2D eigenvalue weighted by molar-refractivity contribution is 5.91. The molecule has 1 saturated heterocycles. The Morgan fingerprint density at radius 1 is 1.17 bits per heavy atom. The average Bonchev–Trinajstić information content (AvgIpc) is 3.33. The first-order valence-corrected chi connectivity index (χ1v) is 10.5. The maximum atomic E-state index is 12.5. The zero-order valence-electron chi connectivity index (χ0n) is 17.1. The average molecular weight is 408 g/mol. The number of aromatic nitrogens is 3. The second-order valence-electron chi connectivity index (χ2n) is 8.19. The lowest BCUT2D eigenvalue weighted by Crippen LogP contribution is -2.42. The molecule has 2 aliphatic rings. The predicted molar refractivity (Wildman–Crippen MR) is 107 cm³/mol. The van der Waals surface area contributed by atoms with Crippen LogP contribution in [0.1, 0.15) is 61.5 Å². The summed E-state index contributed by atoms with van der Waals surface area (Å²) in [5, 5.41) is 22.6. The zero-order chi connectivity index (χ0) is 20.8. The van der Waals surface area contributed by atoms with E-state index in [1.807, 2.05) is 7.05 Å². The summed E-state index contributed by atoms with van der Waals surface area (Å²) in [4.78, 5) is 26.5. The third kappa shape index (κ3) is 5.74. The van der Waals surface area contributed by atoms with Crippen LogP contribution in [0.4, 0.5) is 0 Å². The molecule has 162 valence electrons. The van der Waals surface area contributed by atoms with Gasteiger partial charge in [-0.15, -0.1) is 5.10 Å². The summed E-state index contributed by atoms with van der Waals surface area (Å²) in [7, 11) is 1.98. The number of likely N-dealkylation sites (N-methyl/N-ethyl adjacent to an activating group) is 1. The fraction of sp³-hybridized carbons (Fsp3) is 0.789. The molecule has 1 saturated carbocycles. The molecule has 1 aromatic rings. The minimum atomic E-state index is -0.221. The Bertz CT molecular complexity index is 687. The third-order valence-electron chi connectivity index (χ3n) is 6.20. The first kappa shape index (κ1) is 21.7. The lowest BCUT2D eigenvalue weighted by Gasteiger charge is -2.25. The number of carbonyl (C=O) groups is 2. The van der Waals surface area contributed by atoms with Gasteiger partial charge in [-0.2, -0.15) is 0 Å². The van der Waals surface area contributed by atoms with E-state index in [4.69, 9.17) is 10.8 Å². The van der Waals surface area contributed by atoms with Crippen molar-refractivity contribution in [1.82, 2.24) is 30.5 Å². The topological polar surface area (TPSA) is 138 Å². The van der Waals surface area contributed by atoms with Gasteiger partial charge in [0, 0.05) is 37.6 Å². The first-order valence-electron chi connectivity index (χ1n) is 10.5. The Kier molecular flexibility index (Phi) is 7.57. The number of rotatable bonds is 8.